The van der Waals surface area contributed by atoms with E-state index in [1.54, 1.807) is 6.92 Å². The Morgan fingerprint density at radius 1 is 1.45 bits per heavy atom. The standard InChI is InChI=1S/C15H18FNO5/c1-9-6-10(16)2-3-11(9)12(19)13(20)17-5-4-15(7-17,8-18)14(21)22/h2-3,6,12,18-19H,4-5,7-8H2,1H3,(H,21,22). The number of benzene rings is 1. The highest BCUT2D eigenvalue weighted by Gasteiger charge is 2.46. The highest BCUT2D eigenvalue weighted by molar-refractivity contribution is 5.84. The lowest BCUT2D eigenvalue weighted by atomic mass is 9.88. The second-order valence-corrected chi connectivity index (χ2v) is 5.66. The topological polar surface area (TPSA) is 98.1 Å². The smallest absolute Gasteiger partial charge is 0.313 e. The molecule has 6 nitrogen and oxygen atoms in total. The fourth-order valence-electron chi connectivity index (χ4n) is 2.68. The predicted octanol–water partition coefficient (Wildman–Crippen LogP) is 0.463. The van der Waals surface area contributed by atoms with Crippen LogP contribution in [-0.2, 0) is 9.59 Å². The van der Waals surface area contributed by atoms with E-state index < -0.39 is 35.8 Å². The van der Waals surface area contributed by atoms with Crippen LogP contribution < -0.4 is 0 Å². The van der Waals surface area contributed by atoms with Crippen molar-refractivity contribution >= 4 is 11.9 Å². The molecule has 120 valence electrons. The van der Waals surface area contributed by atoms with Crippen molar-refractivity contribution in [3.63, 3.8) is 0 Å². The first kappa shape index (κ1) is 16.4. The van der Waals surface area contributed by atoms with Crippen molar-refractivity contribution in [2.45, 2.75) is 19.4 Å². The maximum absolute atomic E-state index is 13.1. The molecule has 7 heteroatoms. The van der Waals surface area contributed by atoms with Gasteiger partial charge in [-0.15, -0.1) is 0 Å². The molecule has 0 spiro atoms. The van der Waals surface area contributed by atoms with Gasteiger partial charge < -0.3 is 20.2 Å². The maximum Gasteiger partial charge on any atom is 0.313 e. The number of carboxylic acid groups (broad SMARTS) is 1. The van der Waals surface area contributed by atoms with Crippen LogP contribution >= 0.6 is 0 Å². The van der Waals surface area contributed by atoms with Gasteiger partial charge in [-0.25, -0.2) is 4.39 Å². The van der Waals surface area contributed by atoms with Gasteiger partial charge in [-0.1, -0.05) is 6.07 Å². The first-order chi connectivity index (χ1) is 10.3. The summed E-state index contributed by atoms with van der Waals surface area (Å²) in [7, 11) is 0. The number of aryl methyl sites for hydroxylation is 1. The summed E-state index contributed by atoms with van der Waals surface area (Å²) < 4.78 is 13.1. The van der Waals surface area contributed by atoms with E-state index in [9.17, 15) is 29.3 Å². The molecule has 2 unspecified atom stereocenters. The highest BCUT2D eigenvalue weighted by atomic mass is 19.1. The Kier molecular flexibility index (Phi) is 4.48. The number of hydrogen-bond acceptors (Lipinski definition) is 4. The van der Waals surface area contributed by atoms with Crippen molar-refractivity contribution in [2.24, 2.45) is 5.41 Å². The normalized spacial score (nSPS) is 22.6. The zero-order chi connectivity index (χ0) is 16.5. The monoisotopic (exact) mass is 311 g/mol. The van der Waals surface area contributed by atoms with Crippen molar-refractivity contribution in [3.05, 3.63) is 35.1 Å². The zero-order valence-corrected chi connectivity index (χ0v) is 12.1. The molecule has 22 heavy (non-hydrogen) atoms. The lowest BCUT2D eigenvalue weighted by Gasteiger charge is -2.24. The minimum Gasteiger partial charge on any atom is -0.481 e. The van der Waals surface area contributed by atoms with Crippen molar-refractivity contribution in [2.75, 3.05) is 19.7 Å². The van der Waals surface area contributed by atoms with E-state index in [4.69, 9.17) is 0 Å². The summed E-state index contributed by atoms with van der Waals surface area (Å²) in [5, 5.41) is 28.7. The third kappa shape index (κ3) is 2.82. The second-order valence-electron chi connectivity index (χ2n) is 5.66. The Bertz CT molecular complexity index is 606. The summed E-state index contributed by atoms with van der Waals surface area (Å²) in [5.41, 5.74) is -0.664. The first-order valence-corrected chi connectivity index (χ1v) is 6.88. The summed E-state index contributed by atoms with van der Waals surface area (Å²) in [4.78, 5) is 24.8. The highest BCUT2D eigenvalue weighted by Crippen LogP contribution is 2.32. The number of likely N-dealkylation sites (tertiary alicyclic amines) is 1. The van der Waals surface area contributed by atoms with E-state index in [1.165, 1.54) is 17.0 Å². The number of carboxylic acids is 1. The van der Waals surface area contributed by atoms with Gasteiger partial charge in [0.15, 0.2) is 6.10 Å². The van der Waals surface area contributed by atoms with Gasteiger partial charge in [0.05, 0.1) is 6.61 Å². The molecular weight excluding hydrogens is 293 g/mol. The summed E-state index contributed by atoms with van der Waals surface area (Å²) >= 11 is 0. The number of carbonyl (C=O) groups is 2. The summed E-state index contributed by atoms with van der Waals surface area (Å²) in [6.45, 7) is 0.990. The molecule has 1 aromatic carbocycles. The molecule has 0 saturated carbocycles. The van der Waals surface area contributed by atoms with Crippen LogP contribution in [0.15, 0.2) is 18.2 Å². The van der Waals surface area contributed by atoms with Crippen LogP contribution in [0.25, 0.3) is 0 Å². The van der Waals surface area contributed by atoms with Crippen LogP contribution in [0.5, 0.6) is 0 Å². The molecule has 1 aromatic rings. The molecule has 0 bridgehead atoms. The third-order valence-electron chi connectivity index (χ3n) is 4.18. The first-order valence-electron chi connectivity index (χ1n) is 6.88. The molecular formula is C15H18FNO5. The van der Waals surface area contributed by atoms with Crippen LogP contribution in [0.1, 0.15) is 23.7 Å². The number of amides is 1. The van der Waals surface area contributed by atoms with E-state index in [1.807, 2.05) is 0 Å². The average molecular weight is 311 g/mol. The molecule has 1 heterocycles. The van der Waals surface area contributed by atoms with E-state index in [0.717, 1.165) is 6.07 Å². The fourth-order valence-corrected chi connectivity index (χ4v) is 2.68. The summed E-state index contributed by atoms with van der Waals surface area (Å²) in [6, 6.07) is 3.70. The minimum absolute atomic E-state index is 0.125. The van der Waals surface area contributed by atoms with Crippen LogP contribution in [0.4, 0.5) is 4.39 Å². The molecule has 1 fully saturated rings. The number of aliphatic carboxylic acids is 1. The molecule has 0 aromatic heterocycles. The van der Waals surface area contributed by atoms with Gasteiger partial charge >= 0.3 is 5.97 Å². The lowest BCUT2D eigenvalue weighted by Crippen LogP contribution is -2.41. The van der Waals surface area contributed by atoms with E-state index in [0.29, 0.717) is 5.56 Å². The maximum atomic E-state index is 13.1. The summed E-state index contributed by atoms with van der Waals surface area (Å²) in [5.74, 6) is -2.28. The van der Waals surface area contributed by atoms with Crippen LogP contribution in [0.2, 0.25) is 0 Å². The third-order valence-corrected chi connectivity index (χ3v) is 4.18. The quantitative estimate of drug-likeness (QED) is 0.750. The Morgan fingerprint density at radius 2 is 2.14 bits per heavy atom. The fraction of sp³-hybridized carbons (Fsp3) is 0.467. The molecule has 1 saturated heterocycles. The van der Waals surface area contributed by atoms with Gasteiger partial charge in [-0.2, -0.15) is 0 Å². The molecule has 3 N–H and O–H groups in total. The molecule has 1 aliphatic heterocycles. The lowest BCUT2D eigenvalue weighted by molar-refractivity contribution is -0.151. The van der Waals surface area contributed by atoms with Gasteiger partial charge in [0.2, 0.25) is 0 Å². The number of halogens is 1. The molecule has 1 aliphatic rings. The van der Waals surface area contributed by atoms with Crippen molar-refractivity contribution in [3.8, 4) is 0 Å². The minimum atomic E-state index is -1.48. The Balaban J connectivity index is 2.17. The van der Waals surface area contributed by atoms with Crippen molar-refractivity contribution in [1.29, 1.82) is 0 Å². The van der Waals surface area contributed by atoms with Crippen LogP contribution in [-0.4, -0.2) is 51.8 Å². The molecule has 1 amide bonds. The SMILES string of the molecule is Cc1cc(F)ccc1C(O)C(=O)N1CCC(CO)(C(=O)O)C1. The second kappa shape index (κ2) is 6.02. The Morgan fingerprint density at radius 3 is 2.64 bits per heavy atom. The van der Waals surface area contributed by atoms with Crippen molar-refractivity contribution in [1.82, 2.24) is 4.90 Å². The predicted molar refractivity (Wildman–Crippen MR) is 74.4 cm³/mol. The Labute approximate surface area is 126 Å². The van der Waals surface area contributed by atoms with Crippen LogP contribution in [0.3, 0.4) is 0 Å². The van der Waals surface area contributed by atoms with Gasteiger partial charge in [0.1, 0.15) is 11.2 Å². The number of aliphatic hydroxyl groups is 2. The largest absolute Gasteiger partial charge is 0.481 e. The molecule has 0 aliphatic carbocycles. The van der Waals surface area contributed by atoms with Crippen molar-refractivity contribution < 1.29 is 29.3 Å². The average Bonchev–Trinajstić information content (AvgIpc) is 2.91. The summed E-state index contributed by atoms with van der Waals surface area (Å²) in [6.07, 6.45) is -1.36. The van der Waals surface area contributed by atoms with Crippen LogP contribution in [0, 0.1) is 18.2 Å². The van der Waals surface area contributed by atoms with Gasteiger partial charge in [0, 0.05) is 13.1 Å². The molecule has 2 atom stereocenters. The van der Waals surface area contributed by atoms with Gasteiger partial charge in [0.25, 0.3) is 5.91 Å². The number of rotatable bonds is 4. The van der Waals surface area contributed by atoms with E-state index in [-0.39, 0.29) is 25.1 Å². The zero-order valence-electron chi connectivity index (χ0n) is 12.1. The number of hydrogen-bond donors (Lipinski definition) is 3. The molecule has 2 rings (SSSR count). The number of nitrogens with zero attached hydrogens (tertiary/aromatic N) is 1. The molecule has 0 radical (unpaired) electrons. The van der Waals surface area contributed by atoms with Gasteiger partial charge in [-0.05, 0) is 36.6 Å². The van der Waals surface area contributed by atoms with E-state index in [2.05, 4.69) is 0 Å². The van der Waals surface area contributed by atoms with E-state index >= 15 is 0 Å². The number of aliphatic hydroxyl groups excluding tert-OH is 2. The van der Waals surface area contributed by atoms with Gasteiger partial charge in [-0.3, -0.25) is 9.59 Å². The Hall–Kier alpha value is -1.99. The number of carbonyl (C=O) groups excluding carboxylic acids is 1.